The largest absolute Gasteiger partial charge is 0.486 e. The van der Waals surface area contributed by atoms with Gasteiger partial charge in [-0.25, -0.2) is 4.98 Å². The Bertz CT molecular complexity index is 1050. The molecular weight excluding hydrogens is 430 g/mol. The summed E-state index contributed by atoms with van der Waals surface area (Å²) in [6.45, 7) is 11.5. The van der Waals surface area contributed by atoms with E-state index in [2.05, 4.69) is 43.9 Å². The first-order valence-corrected chi connectivity index (χ1v) is 12.2. The Morgan fingerprint density at radius 1 is 0.971 bits per heavy atom. The second kappa shape index (κ2) is 10.9. The van der Waals surface area contributed by atoms with Gasteiger partial charge >= 0.3 is 0 Å². The Morgan fingerprint density at radius 3 is 2.62 bits per heavy atom. The Morgan fingerprint density at radius 2 is 1.82 bits per heavy atom. The zero-order chi connectivity index (χ0) is 23.2. The van der Waals surface area contributed by atoms with E-state index in [1.807, 2.05) is 36.5 Å². The van der Waals surface area contributed by atoms with Crippen LogP contribution < -0.4 is 14.4 Å². The van der Waals surface area contributed by atoms with Crippen molar-refractivity contribution >= 4 is 5.82 Å². The summed E-state index contributed by atoms with van der Waals surface area (Å²) >= 11 is 0. The van der Waals surface area contributed by atoms with Crippen LogP contribution in [0.5, 0.6) is 11.5 Å². The molecule has 1 aromatic carbocycles. The third-order valence-corrected chi connectivity index (χ3v) is 6.52. The van der Waals surface area contributed by atoms with Crippen LogP contribution in [0.25, 0.3) is 11.3 Å². The van der Waals surface area contributed by atoms with Crippen LogP contribution in [0.1, 0.15) is 19.1 Å². The van der Waals surface area contributed by atoms with Gasteiger partial charge in [0.1, 0.15) is 24.7 Å². The third-order valence-electron chi connectivity index (χ3n) is 6.52. The molecule has 8 nitrogen and oxygen atoms in total. The van der Waals surface area contributed by atoms with Crippen LogP contribution in [0, 0.1) is 0 Å². The molecule has 2 aromatic heterocycles. The van der Waals surface area contributed by atoms with Gasteiger partial charge in [0.2, 0.25) is 0 Å². The minimum absolute atomic E-state index is 0.575. The molecule has 2 aliphatic heterocycles. The smallest absolute Gasteiger partial charge is 0.162 e. The summed E-state index contributed by atoms with van der Waals surface area (Å²) in [7, 11) is 0. The molecule has 1 fully saturated rings. The SMILES string of the molecule is CCN(CCCN1CCN(c2ccccn2)CC1)Cc1cc(-c2ccc3c(c2)OCCO3)no1. The Kier molecular flexibility index (Phi) is 7.26. The van der Waals surface area contributed by atoms with E-state index in [4.69, 9.17) is 14.0 Å². The predicted molar refractivity (Wildman–Crippen MR) is 131 cm³/mol. The minimum Gasteiger partial charge on any atom is -0.486 e. The maximum atomic E-state index is 5.70. The molecule has 34 heavy (non-hydrogen) atoms. The highest BCUT2D eigenvalue weighted by Crippen LogP contribution is 2.34. The molecule has 2 aliphatic rings. The van der Waals surface area contributed by atoms with Crippen molar-refractivity contribution in [3.05, 3.63) is 54.4 Å². The van der Waals surface area contributed by atoms with E-state index in [0.29, 0.717) is 13.2 Å². The molecule has 1 saturated heterocycles. The van der Waals surface area contributed by atoms with Gasteiger partial charge < -0.3 is 18.9 Å². The van der Waals surface area contributed by atoms with E-state index in [1.165, 1.54) is 0 Å². The second-order valence-corrected chi connectivity index (χ2v) is 8.78. The maximum Gasteiger partial charge on any atom is 0.162 e. The molecule has 8 heteroatoms. The fraction of sp³-hybridized carbons (Fsp3) is 0.462. The van der Waals surface area contributed by atoms with Crippen molar-refractivity contribution in [1.29, 1.82) is 0 Å². The first kappa shape index (κ1) is 22.7. The standard InChI is InChI=1S/C26H33N5O3/c1-2-29(10-5-11-30-12-14-31(15-13-30)26-6-3-4-9-27-26)20-22-19-23(28-34-22)21-7-8-24-25(18-21)33-17-16-32-24/h3-4,6-9,18-19H,2,5,10-17,20H2,1H3. The quantitative estimate of drug-likeness (QED) is 0.477. The fourth-order valence-corrected chi connectivity index (χ4v) is 4.55. The Balaban J connectivity index is 1.08. The summed E-state index contributed by atoms with van der Waals surface area (Å²) < 4.78 is 17.0. The molecule has 3 aromatic rings. The van der Waals surface area contributed by atoms with Crippen LogP contribution in [0.2, 0.25) is 0 Å². The zero-order valence-electron chi connectivity index (χ0n) is 19.9. The van der Waals surface area contributed by atoms with E-state index in [0.717, 1.165) is 93.1 Å². The summed E-state index contributed by atoms with van der Waals surface area (Å²) in [6.07, 6.45) is 3.01. The molecule has 0 radical (unpaired) electrons. The van der Waals surface area contributed by atoms with Crippen molar-refractivity contribution in [2.24, 2.45) is 0 Å². The molecule has 0 N–H and O–H groups in total. The highest BCUT2D eigenvalue weighted by atomic mass is 16.6. The lowest BCUT2D eigenvalue weighted by Gasteiger charge is -2.35. The van der Waals surface area contributed by atoms with Gasteiger partial charge in [0.15, 0.2) is 17.3 Å². The number of pyridine rings is 1. The van der Waals surface area contributed by atoms with E-state index in [-0.39, 0.29) is 0 Å². The number of hydrogen-bond donors (Lipinski definition) is 0. The van der Waals surface area contributed by atoms with Crippen molar-refractivity contribution in [2.75, 3.05) is 63.9 Å². The first-order chi connectivity index (χ1) is 16.8. The van der Waals surface area contributed by atoms with Crippen molar-refractivity contribution < 1.29 is 14.0 Å². The third kappa shape index (κ3) is 5.51. The Hall–Kier alpha value is -3.10. The molecule has 5 rings (SSSR count). The van der Waals surface area contributed by atoms with Gasteiger partial charge in [0.25, 0.3) is 0 Å². The van der Waals surface area contributed by atoms with Crippen molar-refractivity contribution in [3.8, 4) is 22.8 Å². The zero-order valence-corrected chi connectivity index (χ0v) is 19.9. The first-order valence-electron chi connectivity index (χ1n) is 12.2. The minimum atomic E-state index is 0.575. The highest BCUT2D eigenvalue weighted by Gasteiger charge is 2.18. The second-order valence-electron chi connectivity index (χ2n) is 8.78. The predicted octanol–water partition coefficient (Wildman–Crippen LogP) is 3.54. The molecular formula is C26H33N5O3. The number of nitrogens with zero attached hydrogens (tertiary/aromatic N) is 5. The summed E-state index contributed by atoms with van der Waals surface area (Å²) in [5.74, 6) is 3.52. The number of ether oxygens (including phenoxy) is 2. The van der Waals surface area contributed by atoms with E-state index in [9.17, 15) is 0 Å². The molecule has 4 heterocycles. The lowest BCUT2D eigenvalue weighted by molar-refractivity contribution is 0.171. The van der Waals surface area contributed by atoms with E-state index < -0.39 is 0 Å². The number of benzene rings is 1. The lowest BCUT2D eigenvalue weighted by Crippen LogP contribution is -2.47. The number of rotatable bonds is 9. The Labute approximate surface area is 201 Å². The van der Waals surface area contributed by atoms with Crippen molar-refractivity contribution in [1.82, 2.24) is 19.9 Å². The summed E-state index contributed by atoms with van der Waals surface area (Å²) in [4.78, 5) is 11.8. The number of anilines is 1. The normalized spacial score (nSPS) is 16.2. The maximum absolute atomic E-state index is 5.70. The molecule has 0 aliphatic carbocycles. The number of aromatic nitrogens is 2. The fourth-order valence-electron chi connectivity index (χ4n) is 4.55. The average molecular weight is 464 g/mol. The molecule has 0 unspecified atom stereocenters. The van der Waals surface area contributed by atoms with Gasteiger partial charge in [-0.3, -0.25) is 9.80 Å². The molecule has 0 amide bonds. The summed E-state index contributed by atoms with van der Waals surface area (Å²) in [5.41, 5.74) is 1.81. The molecule has 0 saturated carbocycles. The van der Waals surface area contributed by atoms with E-state index in [1.54, 1.807) is 0 Å². The van der Waals surface area contributed by atoms with Gasteiger partial charge in [-0.2, -0.15) is 0 Å². The molecule has 180 valence electrons. The van der Waals surface area contributed by atoms with Crippen LogP contribution in [0.15, 0.2) is 53.2 Å². The summed E-state index contributed by atoms with van der Waals surface area (Å²) in [6, 6.07) is 14.1. The molecule has 0 atom stereocenters. The number of piperazine rings is 1. The molecule has 0 bridgehead atoms. The van der Waals surface area contributed by atoms with Gasteiger partial charge in [0.05, 0.1) is 6.54 Å². The van der Waals surface area contributed by atoms with Crippen LogP contribution in [-0.2, 0) is 6.54 Å². The van der Waals surface area contributed by atoms with Gasteiger partial charge in [-0.05, 0) is 56.4 Å². The van der Waals surface area contributed by atoms with Gasteiger partial charge in [-0.15, -0.1) is 0 Å². The van der Waals surface area contributed by atoms with Gasteiger partial charge in [0, 0.05) is 44.0 Å². The monoisotopic (exact) mass is 463 g/mol. The van der Waals surface area contributed by atoms with Crippen molar-refractivity contribution in [3.63, 3.8) is 0 Å². The molecule has 0 spiro atoms. The summed E-state index contributed by atoms with van der Waals surface area (Å²) in [5, 5.41) is 4.29. The number of fused-ring (bicyclic) bond motifs is 1. The van der Waals surface area contributed by atoms with Crippen LogP contribution in [0.4, 0.5) is 5.82 Å². The number of hydrogen-bond acceptors (Lipinski definition) is 8. The van der Waals surface area contributed by atoms with Gasteiger partial charge in [-0.1, -0.05) is 18.1 Å². The highest BCUT2D eigenvalue weighted by molar-refractivity contribution is 5.64. The van der Waals surface area contributed by atoms with E-state index >= 15 is 0 Å². The van der Waals surface area contributed by atoms with Crippen LogP contribution in [-0.4, -0.2) is 79.0 Å². The lowest BCUT2D eigenvalue weighted by atomic mass is 10.1. The average Bonchev–Trinajstić information content (AvgIpc) is 3.37. The topological polar surface area (TPSA) is 67.1 Å². The van der Waals surface area contributed by atoms with Crippen LogP contribution in [0.3, 0.4) is 0 Å². The van der Waals surface area contributed by atoms with Crippen LogP contribution >= 0.6 is 0 Å². The van der Waals surface area contributed by atoms with Crippen molar-refractivity contribution in [2.45, 2.75) is 19.9 Å².